The van der Waals surface area contributed by atoms with Crippen molar-refractivity contribution in [1.29, 1.82) is 0 Å². The number of aromatic nitrogens is 1. The number of nitrogens with zero attached hydrogens (tertiary/aromatic N) is 1. The van der Waals surface area contributed by atoms with Gasteiger partial charge in [0.2, 0.25) is 0 Å². The van der Waals surface area contributed by atoms with E-state index in [0.717, 1.165) is 19.4 Å². The molecule has 2 aromatic rings. The van der Waals surface area contributed by atoms with Crippen molar-refractivity contribution in [2.24, 2.45) is 0 Å². The maximum absolute atomic E-state index is 12.4. The summed E-state index contributed by atoms with van der Waals surface area (Å²) < 4.78 is 1.88. The topological polar surface area (TPSA) is 60.0 Å². The molecule has 1 amide bonds. The fourth-order valence-electron chi connectivity index (χ4n) is 2.91. The highest BCUT2D eigenvalue weighted by Crippen LogP contribution is 2.22. The van der Waals surface area contributed by atoms with Gasteiger partial charge < -0.3 is 15.6 Å². The van der Waals surface area contributed by atoms with Crippen LogP contribution in [-0.2, 0) is 19.4 Å². The zero-order valence-electron chi connectivity index (χ0n) is 11.6. The molecule has 0 unspecified atom stereocenters. The summed E-state index contributed by atoms with van der Waals surface area (Å²) in [4.78, 5) is 12.4. The molecule has 1 aliphatic carbocycles. The molecule has 104 valence electrons. The minimum atomic E-state index is -0.0404. The van der Waals surface area contributed by atoms with Crippen LogP contribution in [0.4, 0.5) is 5.69 Å². The predicted octanol–water partition coefficient (Wildman–Crippen LogP) is 1.99. The van der Waals surface area contributed by atoms with Crippen molar-refractivity contribution in [2.75, 3.05) is 5.73 Å². The van der Waals surface area contributed by atoms with Crippen molar-refractivity contribution in [3.8, 4) is 0 Å². The predicted molar refractivity (Wildman–Crippen MR) is 79.6 cm³/mol. The van der Waals surface area contributed by atoms with E-state index in [1.165, 1.54) is 11.1 Å². The average Bonchev–Trinajstić information content (AvgIpc) is 3.00. The zero-order valence-corrected chi connectivity index (χ0v) is 11.6. The fraction of sp³-hybridized carbons (Fsp3) is 0.312. The summed E-state index contributed by atoms with van der Waals surface area (Å²) in [7, 11) is 0. The van der Waals surface area contributed by atoms with E-state index in [1.807, 2.05) is 23.6 Å². The average molecular weight is 269 g/mol. The largest absolute Gasteiger partial charge is 0.397 e. The Bertz CT molecular complexity index is 620. The first-order valence-electron chi connectivity index (χ1n) is 7.00. The molecule has 0 bridgehead atoms. The van der Waals surface area contributed by atoms with Gasteiger partial charge in [-0.15, -0.1) is 0 Å². The first-order chi connectivity index (χ1) is 9.67. The van der Waals surface area contributed by atoms with Crippen LogP contribution in [0.5, 0.6) is 0 Å². The molecule has 1 heterocycles. The Hall–Kier alpha value is -2.23. The molecular formula is C16H19N3O. The quantitative estimate of drug-likeness (QED) is 0.895. The number of nitrogens with one attached hydrogen (secondary N) is 1. The van der Waals surface area contributed by atoms with E-state index in [9.17, 15) is 4.79 Å². The van der Waals surface area contributed by atoms with Crippen LogP contribution in [0.2, 0.25) is 0 Å². The second kappa shape index (κ2) is 5.04. The lowest BCUT2D eigenvalue weighted by molar-refractivity contribution is 0.0929. The number of rotatable bonds is 3. The molecule has 0 radical (unpaired) electrons. The number of fused-ring (bicyclic) bond motifs is 1. The van der Waals surface area contributed by atoms with Crippen LogP contribution in [0, 0.1) is 0 Å². The Morgan fingerprint density at radius 1 is 1.35 bits per heavy atom. The van der Waals surface area contributed by atoms with E-state index in [-0.39, 0.29) is 11.9 Å². The van der Waals surface area contributed by atoms with Crippen molar-refractivity contribution >= 4 is 11.6 Å². The summed E-state index contributed by atoms with van der Waals surface area (Å²) in [5, 5.41) is 3.11. The molecule has 20 heavy (non-hydrogen) atoms. The Labute approximate surface area is 118 Å². The smallest absolute Gasteiger partial charge is 0.268 e. The minimum Gasteiger partial charge on any atom is -0.397 e. The van der Waals surface area contributed by atoms with Gasteiger partial charge in [-0.25, -0.2) is 0 Å². The second-order valence-corrected chi connectivity index (χ2v) is 5.29. The third-order valence-electron chi connectivity index (χ3n) is 3.88. The molecule has 3 N–H and O–H groups in total. The molecular weight excluding hydrogens is 250 g/mol. The molecule has 4 nitrogen and oxygen atoms in total. The first-order valence-corrected chi connectivity index (χ1v) is 7.00. The molecule has 1 aliphatic rings. The zero-order chi connectivity index (χ0) is 14.1. The van der Waals surface area contributed by atoms with Gasteiger partial charge in [-0.3, -0.25) is 4.79 Å². The number of aryl methyl sites for hydroxylation is 1. The van der Waals surface area contributed by atoms with Crippen LogP contribution in [0.1, 0.15) is 28.5 Å². The van der Waals surface area contributed by atoms with Crippen LogP contribution in [0.25, 0.3) is 0 Å². The third-order valence-corrected chi connectivity index (χ3v) is 3.88. The number of carbonyl (C=O) groups excluding carboxylic acids is 1. The van der Waals surface area contributed by atoms with Gasteiger partial charge in [0.25, 0.3) is 5.91 Å². The van der Waals surface area contributed by atoms with Gasteiger partial charge in [-0.2, -0.15) is 0 Å². The maximum atomic E-state index is 12.4. The van der Waals surface area contributed by atoms with Crippen molar-refractivity contribution in [3.63, 3.8) is 0 Å². The summed E-state index contributed by atoms with van der Waals surface area (Å²) >= 11 is 0. The first kappa shape index (κ1) is 12.8. The number of anilines is 1. The SMILES string of the molecule is CCn1cc(N)cc1C(=O)NC1Cc2ccccc2C1. The molecule has 4 heteroatoms. The highest BCUT2D eigenvalue weighted by molar-refractivity contribution is 5.94. The van der Waals surface area contributed by atoms with Crippen LogP contribution < -0.4 is 11.1 Å². The number of hydrogen-bond acceptors (Lipinski definition) is 2. The molecule has 0 fully saturated rings. The maximum Gasteiger partial charge on any atom is 0.268 e. The molecule has 3 rings (SSSR count). The van der Waals surface area contributed by atoms with E-state index in [0.29, 0.717) is 11.4 Å². The summed E-state index contributed by atoms with van der Waals surface area (Å²) in [6, 6.07) is 10.3. The molecule has 1 aromatic carbocycles. The lowest BCUT2D eigenvalue weighted by Gasteiger charge is -2.13. The van der Waals surface area contributed by atoms with Gasteiger partial charge >= 0.3 is 0 Å². The summed E-state index contributed by atoms with van der Waals surface area (Å²) in [6.07, 6.45) is 3.62. The van der Waals surface area contributed by atoms with E-state index in [1.54, 1.807) is 12.3 Å². The lowest BCUT2D eigenvalue weighted by Crippen LogP contribution is -2.36. The summed E-state index contributed by atoms with van der Waals surface area (Å²) in [6.45, 7) is 2.74. The van der Waals surface area contributed by atoms with Gasteiger partial charge in [-0.1, -0.05) is 24.3 Å². The van der Waals surface area contributed by atoms with E-state index >= 15 is 0 Å². The van der Waals surface area contributed by atoms with Crippen LogP contribution in [-0.4, -0.2) is 16.5 Å². The molecule has 0 saturated carbocycles. The summed E-state index contributed by atoms with van der Waals surface area (Å²) in [5.41, 5.74) is 9.71. The number of benzene rings is 1. The van der Waals surface area contributed by atoms with Crippen LogP contribution in [0.3, 0.4) is 0 Å². The lowest BCUT2D eigenvalue weighted by atomic mass is 10.1. The van der Waals surface area contributed by atoms with Crippen LogP contribution >= 0.6 is 0 Å². The minimum absolute atomic E-state index is 0.0404. The third kappa shape index (κ3) is 2.29. The number of nitrogen functional groups attached to an aromatic ring is 1. The monoisotopic (exact) mass is 269 g/mol. The Balaban J connectivity index is 1.72. The molecule has 0 aliphatic heterocycles. The number of hydrogen-bond donors (Lipinski definition) is 2. The van der Waals surface area contributed by atoms with Gasteiger partial charge in [-0.05, 0) is 37.0 Å². The van der Waals surface area contributed by atoms with Gasteiger partial charge in [0.05, 0.1) is 5.69 Å². The van der Waals surface area contributed by atoms with Gasteiger partial charge in [0, 0.05) is 18.8 Å². The molecule has 0 spiro atoms. The van der Waals surface area contributed by atoms with Crippen molar-refractivity contribution in [2.45, 2.75) is 32.4 Å². The van der Waals surface area contributed by atoms with E-state index in [4.69, 9.17) is 5.73 Å². The second-order valence-electron chi connectivity index (χ2n) is 5.29. The van der Waals surface area contributed by atoms with Gasteiger partial charge in [0.15, 0.2) is 0 Å². The van der Waals surface area contributed by atoms with Crippen LogP contribution in [0.15, 0.2) is 36.5 Å². The fourth-order valence-corrected chi connectivity index (χ4v) is 2.91. The van der Waals surface area contributed by atoms with E-state index in [2.05, 4.69) is 17.4 Å². The Morgan fingerprint density at radius 2 is 2.00 bits per heavy atom. The Morgan fingerprint density at radius 3 is 2.60 bits per heavy atom. The number of nitrogens with two attached hydrogens (primary N) is 1. The van der Waals surface area contributed by atoms with Crippen molar-refractivity contribution in [1.82, 2.24) is 9.88 Å². The molecule has 1 aromatic heterocycles. The standard InChI is InChI=1S/C16H19N3O/c1-2-19-10-13(17)9-15(19)16(20)18-14-7-11-5-3-4-6-12(11)8-14/h3-6,9-10,14H,2,7-8,17H2,1H3,(H,18,20). The summed E-state index contributed by atoms with van der Waals surface area (Å²) in [5.74, 6) is -0.0404. The van der Waals surface area contributed by atoms with Crippen molar-refractivity contribution in [3.05, 3.63) is 53.3 Å². The highest BCUT2D eigenvalue weighted by Gasteiger charge is 2.23. The highest BCUT2D eigenvalue weighted by atomic mass is 16.2. The molecule has 0 atom stereocenters. The van der Waals surface area contributed by atoms with Crippen molar-refractivity contribution < 1.29 is 4.79 Å². The Kier molecular flexibility index (Phi) is 3.22. The number of carbonyl (C=O) groups is 1. The molecule has 0 saturated heterocycles. The van der Waals surface area contributed by atoms with E-state index < -0.39 is 0 Å². The van der Waals surface area contributed by atoms with Gasteiger partial charge in [0.1, 0.15) is 5.69 Å². The normalized spacial score (nSPS) is 14.2. The number of amides is 1.